The van der Waals surface area contributed by atoms with E-state index in [2.05, 4.69) is 12.2 Å². The molecule has 15 heavy (non-hydrogen) atoms. The quantitative estimate of drug-likeness (QED) is 0.814. The Kier molecular flexibility index (Phi) is 7.39. The van der Waals surface area contributed by atoms with Gasteiger partial charge in [0.1, 0.15) is 0 Å². The van der Waals surface area contributed by atoms with Gasteiger partial charge in [-0.3, -0.25) is 0 Å². The summed E-state index contributed by atoms with van der Waals surface area (Å²) in [6.07, 6.45) is 1.67. The molecule has 0 fully saturated rings. The molecule has 0 amide bonds. The SMILES string of the molecule is CCCC(NC)C(O)c1ccccc1.Cl. The van der Waals surface area contributed by atoms with Gasteiger partial charge in [0.05, 0.1) is 6.10 Å². The summed E-state index contributed by atoms with van der Waals surface area (Å²) in [6, 6.07) is 9.95. The lowest BCUT2D eigenvalue weighted by Gasteiger charge is -2.22. The van der Waals surface area contributed by atoms with Gasteiger partial charge in [-0.2, -0.15) is 0 Å². The van der Waals surface area contributed by atoms with Crippen LogP contribution in [0.15, 0.2) is 30.3 Å². The van der Waals surface area contributed by atoms with Gasteiger partial charge in [0.2, 0.25) is 0 Å². The van der Waals surface area contributed by atoms with E-state index in [0.717, 1.165) is 18.4 Å². The van der Waals surface area contributed by atoms with Crippen LogP contribution < -0.4 is 5.32 Å². The maximum Gasteiger partial charge on any atom is 0.0942 e. The van der Waals surface area contributed by atoms with E-state index < -0.39 is 6.10 Å². The van der Waals surface area contributed by atoms with Gasteiger partial charge in [-0.25, -0.2) is 0 Å². The molecule has 2 nitrogen and oxygen atoms in total. The zero-order valence-corrected chi connectivity index (χ0v) is 10.1. The van der Waals surface area contributed by atoms with Gasteiger partial charge in [0.25, 0.3) is 0 Å². The number of benzene rings is 1. The molecule has 0 heterocycles. The number of likely N-dealkylation sites (N-methyl/N-ethyl adjacent to an activating group) is 1. The van der Waals surface area contributed by atoms with Crippen molar-refractivity contribution in [3.63, 3.8) is 0 Å². The standard InChI is InChI=1S/C12H19NO.ClH/c1-3-7-11(13-2)12(14)10-8-5-4-6-9-10;/h4-6,8-9,11-14H,3,7H2,1-2H3;1H. The highest BCUT2D eigenvalue weighted by Crippen LogP contribution is 2.18. The van der Waals surface area contributed by atoms with Crippen LogP contribution >= 0.6 is 12.4 Å². The van der Waals surface area contributed by atoms with Crippen LogP contribution in [0.3, 0.4) is 0 Å². The first-order valence-electron chi connectivity index (χ1n) is 5.19. The maximum absolute atomic E-state index is 10.0. The fourth-order valence-corrected chi connectivity index (χ4v) is 1.65. The monoisotopic (exact) mass is 229 g/mol. The molecule has 0 radical (unpaired) electrons. The summed E-state index contributed by atoms with van der Waals surface area (Å²) >= 11 is 0. The summed E-state index contributed by atoms with van der Waals surface area (Å²) in [5.74, 6) is 0. The Morgan fingerprint density at radius 3 is 2.33 bits per heavy atom. The third-order valence-corrected chi connectivity index (χ3v) is 2.49. The van der Waals surface area contributed by atoms with E-state index >= 15 is 0 Å². The summed E-state index contributed by atoms with van der Waals surface area (Å²) < 4.78 is 0. The highest BCUT2D eigenvalue weighted by Gasteiger charge is 2.17. The lowest BCUT2D eigenvalue weighted by molar-refractivity contribution is 0.127. The molecule has 1 aromatic rings. The fraction of sp³-hybridized carbons (Fsp3) is 0.500. The van der Waals surface area contributed by atoms with Crippen molar-refractivity contribution in [3.8, 4) is 0 Å². The van der Waals surface area contributed by atoms with Crippen molar-refractivity contribution in [1.82, 2.24) is 5.32 Å². The van der Waals surface area contributed by atoms with Crippen molar-refractivity contribution in [3.05, 3.63) is 35.9 Å². The van der Waals surface area contributed by atoms with Crippen LogP contribution in [0.1, 0.15) is 31.4 Å². The van der Waals surface area contributed by atoms with E-state index in [1.807, 2.05) is 37.4 Å². The van der Waals surface area contributed by atoms with Crippen molar-refractivity contribution < 1.29 is 5.11 Å². The van der Waals surface area contributed by atoms with Gasteiger partial charge in [0.15, 0.2) is 0 Å². The Hall–Kier alpha value is -0.570. The van der Waals surface area contributed by atoms with Gasteiger partial charge in [-0.15, -0.1) is 12.4 Å². The highest BCUT2D eigenvalue weighted by atomic mass is 35.5. The summed E-state index contributed by atoms with van der Waals surface area (Å²) in [7, 11) is 1.90. The van der Waals surface area contributed by atoms with Crippen molar-refractivity contribution >= 4 is 12.4 Å². The Balaban J connectivity index is 0.00000196. The number of hydrogen-bond donors (Lipinski definition) is 2. The molecule has 0 aromatic heterocycles. The van der Waals surface area contributed by atoms with E-state index in [1.54, 1.807) is 0 Å². The zero-order valence-electron chi connectivity index (χ0n) is 9.31. The summed E-state index contributed by atoms with van der Waals surface area (Å²) in [6.45, 7) is 2.13. The van der Waals surface area contributed by atoms with Gasteiger partial charge < -0.3 is 10.4 Å². The third kappa shape index (κ3) is 4.20. The van der Waals surface area contributed by atoms with Gasteiger partial charge in [-0.1, -0.05) is 43.7 Å². The zero-order chi connectivity index (χ0) is 10.4. The van der Waals surface area contributed by atoms with Gasteiger partial charge >= 0.3 is 0 Å². The van der Waals surface area contributed by atoms with Crippen LogP contribution in [0.25, 0.3) is 0 Å². The van der Waals surface area contributed by atoms with E-state index in [0.29, 0.717) is 0 Å². The minimum absolute atomic E-state index is 0. The fourth-order valence-electron chi connectivity index (χ4n) is 1.65. The molecule has 1 aromatic carbocycles. The van der Waals surface area contributed by atoms with Crippen LogP contribution in [-0.4, -0.2) is 18.2 Å². The minimum atomic E-state index is -0.402. The normalized spacial score (nSPS) is 14.1. The van der Waals surface area contributed by atoms with Crippen LogP contribution in [-0.2, 0) is 0 Å². The van der Waals surface area contributed by atoms with Crippen LogP contribution in [0, 0.1) is 0 Å². The molecule has 2 unspecified atom stereocenters. The van der Waals surface area contributed by atoms with Crippen LogP contribution in [0.4, 0.5) is 0 Å². The average molecular weight is 230 g/mol. The Bertz CT molecular complexity index is 253. The first kappa shape index (κ1) is 14.4. The van der Waals surface area contributed by atoms with Crippen molar-refractivity contribution in [2.24, 2.45) is 0 Å². The second-order valence-electron chi connectivity index (χ2n) is 3.54. The molecule has 0 aliphatic rings. The van der Waals surface area contributed by atoms with Gasteiger partial charge in [0, 0.05) is 6.04 Å². The Labute approximate surface area is 98.1 Å². The molecule has 0 saturated carbocycles. The van der Waals surface area contributed by atoms with E-state index in [-0.39, 0.29) is 18.4 Å². The molecule has 2 N–H and O–H groups in total. The molecule has 3 heteroatoms. The second-order valence-corrected chi connectivity index (χ2v) is 3.54. The lowest BCUT2D eigenvalue weighted by atomic mass is 9.99. The molecule has 0 aliphatic carbocycles. The molecule has 86 valence electrons. The predicted molar refractivity (Wildman–Crippen MR) is 66.4 cm³/mol. The number of aliphatic hydroxyl groups excluding tert-OH is 1. The topological polar surface area (TPSA) is 32.3 Å². The predicted octanol–water partition coefficient (Wildman–Crippen LogP) is 2.53. The number of aliphatic hydroxyl groups is 1. The van der Waals surface area contributed by atoms with E-state index in [9.17, 15) is 5.11 Å². The average Bonchev–Trinajstić information content (AvgIpc) is 2.26. The number of rotatable bonds is 5. The Morgan fingerprint density at radius 1 is 1.27 bits per heavy atom. The number of halogens is 1. The van der Waals surface area contributed by atoms with Crippen LogP contribution in [0.5, 0.6) is 0 Å². The first-order valence-corrected chi connectivity index (χ1v) is 5.19. The Morgan fingerprint density at radius 2 is 1.87 bits per heavy atom. The van der Waals surface area contributed by atoms with Crippen molar-refractivity contribution in [1.29, 1.82) is 0 Å². The molecule has 2 atom stereocenters. The van der Waals surface area contributed by atoms with Crippen LogP contribution in [0.2, 0.25) is 0 Å². The molecule has 0 spiro atoms. The summed E-state index contributed by atoms with van der Waals surface area (Å²) in [4.78, 5) is 0. The molecule has 1 rings (SSSR count). The number of nitrogens with one attached hydrogen (secondary N) is 1. The van der Waals surface area contributed by atoms with Gasteiger partial charge in [-0.05, 0) is 19.0 Å². The minimum Gasteiger partial charge on any atom is -0.387 e. The largest absolute Gasteiger partial charge is 0.387 e. The molecular weight excluding hydrogens is 210 g/mol. The molecule has 0 aliphatic heterocycles. The third-order valence-electron chi connectivity index (χ3n) is 2.49. The summed E-state index contributed by atoms with van der Waals surface area (Å²) in [5, 5.41) is 13.2. The van der Waals surface area contributed by atoms with E-state index in [4.69, 9.17) is 0 Å². The maximum atomic E-state index is 10.0. The molecule has 0 bridgehead atoms. The second kappa shape index (κ2) is 7.69. The number of hydrogen-bond acceptors (Lipinski definition) is 2. The highest BCUT2D eigenvalue weighted by molar-refractivity contribution is 5.85. The first-order chi connectivity index (χ1) is 6.79. The van der Waals surface area contributed by atoms with Crippen molar-refractivity contribution in [2.45, 2.75) is 31.9 Å². The molecular formula is C12H20ClNO. The van der Waals surface area contributed by atoms with E-state index in [1.165, 1.54) is 0 Å². The summed E-state index contributed by atoms with van der Waals surface area (Å²) in [5.41, 5.74) is 0.986. The van der Waals surface area contributed by atoms with Crippen molar-refractivity contribution in [2.75, 3.05) is 7.05 Å². The smallest absolute Gasteiger partial charge is 0.0942 e. The molecule has 0 saturated heterocycles. The lowest BCUT2D eigenvalue weighted by Crippen LogP contribution is -2.31.